The van der Waals surface area contributed by atoms with E-state index in [1.54, 1.807) is 50.5 Å². The van der Waals surface area contributed by atoms with Crippen molar-refractivity contribution < 1.29 is 17.9 Å². The van der Waals surface area contributed by atoms with E-state index in [1.807, 2.05) is 48.5 Å². The van der Waals surface area contributed by atoms with Crippen LogP contribution in [-0.4, -0.2) is 40.4 Å². The van der Waals surface area contributed by atoms with Crippen molar-refractivity contribution in [2.45, 2.75) is 17.1 Å². The molecule has 184 valence electrons. The molecule has 5 nitrogen and oxygen atoms in total. The fourth-order valence-electron chi connectivity index (χ4n) is 4.15. The number of rotatable bonds is 8. The summed E-state index contributed by atoms with van der Waals surface area (Å²) in [5.74, 6) is 0.0301. The summed E-state index contributed by atoms with van der Waals surface area (Å²) in [5, 5.41) is 0. The molecule has 36 heavy (non-hydrogen) atoms. The maximum Gasteiger partial charge on any atom is 0.253 e. The van der Waals surface area contributed by atoms with Crippen molar-refractivity contribution in [2.24, 2.45) is 0 Å². The van der Waals surface area contributed by atoms with Crippen molar-refractivity contribution in [2.75, 3.05) is 21.2 Å². The molecule has 0 spiro atoms. The Kier molecular flexibility index (Phi) is 7.55. The van der Waals surface area contributed by atoms with Crippen LogP contribution in [0.2, 0.25) is 0 Å². The van der Waals surface area contributed by atoms with Gasteiger partial charge in [0.15, 0.2) is 9.84 Å². The van der Waals surface area contributed by atoms with Gasteiger partial charge in [-0.15, -0.1) is 0 Å². The Bertz CT molecular complexity index is 1480. The van der Waals surface area contributed by atoms with Crippen LogP contribution >= 0.6 is 0 Å². The zero-order valence-electron chi connectivity index (χ0n) is 20.6. The maximum absolute atomic E-state index is 13.6. The highest BCUT2D eigenvalue weighted by molar-refractivity contribution is 7.90. The van der Waals surface area contributed by atoms with E-state index >= 15 is 0 Å². The van der Waals surface area contributed by atoms with Crippen molar-refractivity contribution >= 4 is 15.7 Å². The first-order chi connectivity index (χ1) is 17.3. The van der Waals surface area contributed by atoms with Crippen LogP contribution in [0.15, 0.2) is 102 Å². The van der Waals surface area contributed by atoms with Crippen LogP contribution in [-0.2, 0) is 22.0 Å². The van der Waals surface area contributed by atoms with Crippen molar-refractivity contribution in [3.05, 3.63) is 119 Å². The monoisotopic (exact) mass is 499 g/mol. The molecule has 0 N–H and O–H groups in total. The van der Waals surface area contributed by atoms with Gasteiger partial charge in [0, 0.05) is 19.7 Å². The minimum Gasteiger partial charge on any atom is -0.495 e. The predicted molar refractivity (Wildman–Crippen MR) is 143 cm³/mol. The van der Waals surface area contributed by atoms with Gasteiger partial charge in [0.2, 0.25) is 0 Å². The smallest absolute Gasteiger partial charge is 0.253 e. The third-order valence-electron chi connectivity index (χ3n) is 5.95. The average molecular weight is 500 g/mol. The molecule has 0 unspecified atom stereocenters. The van der Waals surface area contributed by atoms with Crippen LogP contribution in [0.1, 0.15) is 27.0 Å². The van der Waals surface area contributed by atoms with Crippen molar-refractivity contribution in [3.63, 3.8) is 0 Å². The summed E-state index contributed by atoms with van der Waals surface area (Å²) in [6.45, 7) is 0. The molecule has 6 heteroatoms. The van der Waals surface area contributed by atoms with Crippen LogP contribution in [0.25, 0.3) is 11.1 Å². The normalized spacial score (nSPS) is 11.2. The second-order valence-electron chi connectivity index (χ2n) is 8.89. The number of amides is 1. The molecular formula is C30H29NO4S. The minimum atomic E-state index is -3.72. The topological polar surface area (TPSA) is 63.7 Å². The molecule has 0 fully saturated rings. The summed E-state index contributed by atoms with van der Waals surface area (Å²) in [6, 6.07) is 30.0. The van der Waals surface area contributed by atoms with Gasteiger partial charge in [-0.2, -0.15) is 0 Å². The third-order valence-corrected chi connectivity index (χ3v) is 7.65. The first-order valence-corrected chi connectivity index (χ1v) is 13.3. The number of ether oxygens (including phenoxy) is 1. The summed E-state index contributed by atoms with van der Waals surface area (Å²) in [4.78, 5) is 14.0. The van der Waals surface area contributed by atoms with E-state index in [9.17, 15) is 13.2 Å². The van der Waals surface area contributed by atoms with Crippen LogP contribution in [0.4, 0.5) is 0 Å². The quantitative estimate of drug-likeness (QED) is 0.315. The Balaban J connectivity index is 1.65. The van der Waals surface area contributed by atoms with Crippen LogP contribution in [0.3, 0.4) is 0 Å². The van der Waals surface area contributed by atoms with Crippen LogP contribution in [0, 0.1) is 0 Å². The lowest BCUT2D eigenvalue weighted by molar-refractivity contribution is 0.0827. The first kappa shape index (κ1) is 25.2. The Morgan fingerprint density at radius 1 is 0.750 bits per heavy atom. The summed E-state index contributed by atoms with van der Waals surface area (Å²) in [7, 11) is 1.14. The maximum atomic E-state index is 13.6. The largest absolute Gasteiger partial charge is 0.495 e. The Hall–Kier alpha value is -3.90. The number of benzene rings is 4. The molecule has 4 aromatic carbocycles. The number of carbonyl (C=O) groups excluding carboxylic acids is 1. The van der Waals surface area contributed by atoms with Crippen LogP contribution in [0.5, 0.6) is 5.75 Å². The van der Waals surface area contributed by atoms with Gasteiger partial charge in [-0.3, -0.25) is 4.79 Å². The molecule has 0 saturated carbocycles. The van der Waals surface area contributed by atoms with Gasteiger partial charge in [-0.25, -0.2) is 8.42 Å². The lowest BCUT2D eigenvalue weighted by Gasteiger charge is -2.14. The van der Waals surface area contributed by atoms with Gasteiger partial charge in [0.25, 0.3) is 5.91 Å². The molecule has 0 aromatic heterocycles. The Labute approximate surface area is 212 Å². The highest BCUT2D eigenvalue weighted by Gasteiger charge is 2.22. The highest BCUT2D eigenvalue weighted by Crippen LogP contribution is 2.32. The molecule has 0 aliphatic heterocycles. The summed E-state index contributed by atoms with van der Waals surface area (Å²) in [6.07, 6.45) is 0.732. The minimum absolute atomic E-state index is 0.117. The molecule has 0 radical (unpaired) electrons. The fraction of sp³-hybridized carbons (Fsp3) is 0.167. The van der Waals surface area contributed by atoms with E-state index in [2.05, 4.69) is 12.1 Å². The van der Waals surface area contributed by atoms with Crippen molar-refractivity contribution in [1.29, 1.82) is 0 Å². The highest BCUT2D eigenvalue weighted by atomic mass is 32.2. The fourth-order valence-corrected chi connectivity index (χ4v) is 5.69. The molecular weight excluding hydrogens is 470 g/mol. The van der Waals surface area contributed by atoms with Gasteiger partial charge in [-0.05, 0) is 58.5 Å². The SMILES string of the molecule is COc1ccc(-c2cccc(C(=O)N(C)C)c2)cc1S(=O)(=O)Cc1cccc(Cc2ccccc2)c1. The molecule has 0 bridgehead atoms. The van der Waals surface area contributed by atoms with E-state index in [4.69, 9.17) is 4.74 Å². The van der Waals surface area contributed by atoms with Gasteiger partial charge in [-0.1, -0.05) is 72.8 Å². The molecule has 0 aliphatic rings. The Morgan fingerprint density at radius 2 is 1.42 bits per heavy atom. The summed E-state index contributed by atoms with van der Waals surface area (Å²) >= 11 is 0. The number of hydrogen-bond donors (Lipinski definition) is 0. The molecule has 1 amide bonds. The van der Waals surface area contributed by atoms with Gasteiger partial charge < -0.3 is 9.64 Å². The zero-order chi connectivity index (χ0) is 25.7. The molecule has 0 atom stereocenters. The summed E-state index contributed by atoms with van der Waals surface area (Å²) in [5.41, 5.74) is 4.92. The van der Waals surface area contributed by atoms with Crippen molar-refractivity contribution in [1.82, 2.24) is 4.90 Å². The molecule has 4 aromatic rings. The van der Waals surface area contributed by atoms with E-state index < -0.39 is 9.84 Å². The second-order valence-corrected chi connectivity index (χ2v) is 10.8. The van der Waals surface area contributed by atoms with E-state index in [0.717, 1.165) is 23.1 Å². The number of methoxy groups -OCH3 is 1. The van der Waals surface area contributed by atoms with Gasteiger partial charge >= 0.3 is 0 Å². The van der Waals surface area contributed by atoms with Crippen molar-refractivity contribution in [3.8, 4) is 16.9 Å². The lowest BCUT2D eigenvalue weighted by atomic mass is 10.0. The first-order valence-electron chi connectivity index (χ1n) is 11.6. The van der Waals surface area contributed by atoms with Gasteiger partial charge in [0.05, 0.1) is 12.9 Å². The van der Waals surface area contributed by atoms with Gasteiger partial charge in [0.1, 0.15) is 10.6 Å². The van der Waals surface area contributed by atoms with E-state index in [-0.39, 0.29) is 16.6 Å². The average Bonchev–Trinajstić information content (AvgIpc) is 2.88. The predicted octanol–water partition coefficient (Wildman–Crippen LogP) is 5.63. The summed E-state index contributed by atoms with van der Waals surface area (Å²) < 4.78 is 32.5. The standard InChI is InChI=1S/C30H29NO4S/c1-31(2)30(32)27-14-8-13-25(19-27)26-15-16-28(35-3)29(20-26)36(33,34)21-24-12-7-11-23(18-24)17-22-9-5-4-6-10-22/h4-16,18-20H,17,21H2,1-3H3. The van der Waals surface area contributed by atoms with E-state index in [1.165, 1.54) is 17.6 Å². The zero-order valence-corrected chi connectivity index (χ0v) is 21.5. The third kappa shape index (κ3) is 5.83. The number of carbonyl (C=O) groups is 1. The van der Waals surface area contributed by atoms with Crippen LogP contribution < -0.4 is 4.74 Å². The number of hydrogen-bond acceptors (Lipinski definition) is 4. The second kappa shape index (κ2) is 10.8. The molecule has 0 aliphatic carbocycles. The molecule has 4 rings (SSSR count). The number of sulfone groups is 1. The number of nitrogens with zero attached hydrogens (tertiary/aromatic N) is 1. The molecule has 0 heterocycles. The lowest BCUT2D eigenvalue weighted by Crippen LogP contribution is -2.21. The Morgan fingerprint density at radius 3 is 2.14 bits per heavy atom. The molecule has 0 saturated heterocycles. The van der Waals surface area contributed by atoms with E-state index in [0.29, 0.717) is 16.9 Å².